The van der Waals surface area contributed by atoms with Gasteiger partial charge in [0.05, 0.1) is 5.52 Å². The largest absolute Gasteiger partial charge is 0.322 e. The van der Waals surface area contributed by atoms with Gasteiger partial charge in [0.1, 0.15) is 5.69 Å². The predicted octanol–water partition coefficient (Wildman–Crippen LogP) is 4.65. The lowest BCUT2D eigenvalue weighted by Gasteiger charge is -2.41. The molecule has 6 rings (SSSR count). The van der Waals surface area contributed by atoms with Crippen molar-refractivity contribution in [2.75, 3.05) is 18.4 Å². The van der Waals surface area contributed by atoms with Crippen LogP contribution in [0.2, 0.25) is 0 Å². The van der Waals surface area contributed by atoms with Crippen molar-refractivity contribution in [1.82, 2.24) is 30.0 Å². The molecule has 3 aromatic heterocycles. The Balaban J connectivity index is 1.25. The molecule has 0 bridgehead atoms. The van der Waals surface area contributed by atoms with Gasteiger partial charge in [0.15, 0.2) is 0 Å². The highest BCUT2D eigenvalue weighted by molar-refractivity contribution is 6.00. The summed E-state index contributed by atoms with van der Waals surface area (Å²) in [6.07, 6.45) is 5.74. The lowest BCUT2D eigenvalue weighted by atomic mass is 9.99. The van der Waals surface area contributed by atoms with Crippen molar-refractivity contribution >= 4 is 22.6 Å². The summed E-state index contributed by atoms with van der Waals surface area (Å²) < 4.78 is 0. The van der Waals surface area contributed by atoms with Crippen LogP contribution in [-0.4, -0.2) is 55.1 Å². The number of fused-ring (bicyclic) bond motifs is 2. The van der Waals surface area contributed by atoms with E-state index >= 15 is 0 Å². The number of hydrogen-bond acceptors (Lipinski definition) is 5. The maximum Gasteiger partial charge on any atom is 0.322 e. The molecular weight excluding hydrogens is 438 g/mol. The molecule has 0 unspecified atom stereocenters. The number of aromatic nitrogens is 4. The van der Waals surface area contributed by atoms with Crippen molar-refractivity contribution in [1.29, 1.82) is 0 Å². The zero-order valence-electron chi connectivity index (χ0n) is 20.1. The van der Waals surface area contributed by atoms with Gasteiger partial charge in [-0.05, 0) is 74.7 Å². The maximum atomic E-state index is 13.1. The molecule has 0 radical (unpaired) electrons. The van der Waals surface area contributed by atoms with E-state index in [1.54, 1.807) is 0 Å². The lowest BCUT2D eigenvalue weighted by molar-refractivity contribution is 0.108. The Bertz CT molecular complexity index is 1410. The van der Waals surface area contributed by atoms with Gasteiger partial charge in [-0.1, -0.05) is 6.07 Å². The highest BCUT2D eigenvalue weighted by Gasteiger charge is 2.32. The fourth-order valence-corrected chi connectivity index (χ4v) is 5.36. The van der Waals surface area contributed by atoms with Gasteiger partial charge in [-0.2, -0.15) is 5.10 Å². The number of rotatable bonds is 4. The van der Waals surface area contributed by atoms with E-state index in [1.165, 1.54) is 5.56 Å². The van der Waals surface area contributed by atoms with Crippen LogP contribution in [0.25, 0.3) is 22.2 Å². The van der Waals surface area contributed by atoms with Gasteiger partial charge in [0.2, 0.25) is 0 Å². The summed E-state index contributed by atoms with van der Waals surface area (Å²) in [4.78, 5) is 26.3. The molecule has 1 aromatic carbocycles. The van der Waals surface area contributed by atoms with Crippen molar-refractivity contribution in [2.24, 2.45) is 0 Å². The molecule has 2 amide bonds. The van der Waals surface area contributed by atoms with Gasteiger partial charge in [-0.3, -0.25) is 20.0 Å². The van der Waals surface area contributed by atoms with E-state index in [0.29, 0.717) is 6.54 Å². The normalized spacial score (nSPS) is 18.5. The zero-order valence-corrected chi connectivity index (χ0v) is 20.1. The minimum absolute atomic E-state index is 0.0224. The highest BCUT2D eigenvalue weighted by Crippen LogP contribution is 2.34. The standard InChI is InChI=1S/C27H29N7O/c1-17-11-19(7-9-28-17)26-23-12-21-15-34(27(35)30-24(21)13-25(23)31-32-26)22-6-4-10-33(16-22)14-20-5-3-8-29-18(20)2/h3,5,7-9,11-13,22H,4,6,10,14-16H2,1-2H3,(H,30,35)(H,31,32)/t22-/m1/s1. The molecule has 0 saturated carbocycles. The van der Waals surface area contributed by atoms with Crippen LogP contribution >= 0.6 is 0 Å². The maximum absolute atomic E-state index is 13.1. The Kier molecular flexibility index (Phi) is 5.45. The highest BCUT2D eigenvalue weighted by atomic mass is 16.2. The SMILES string of the molecule is Cc1cc(-c2n[nH]c3cc4c(cc23)CN([C@@H]2CCCN(Cc3cccnc3C)C2)C(=O)N4)ccn1. The molecule has 2 aliphatic heterocycles. The molecule has 0 aliphatic carbocycles. The summed E-state index contributed by atoms with van der Waals surface area (Å²) in [5.74, 6) is 0. The molecule has 2 aliphatic rings. The van der Waals surface area contributed by atoms with E-state index in [-0.39, 0.29) is 12.1 Å². The first-order chi connectivity index (χ1) is 17.0. The Morgan fingerprint density at radius 2 is 2.03 bits per heavy atom. The smallest absolute Gasteiger partial charge is 0.316 e. The number of piperidine rings is 1. The van der Waals surface area contributed by atoms with Gasteiger partial charge in [-0.15, -0.1) is 0 Å². The molecule has 35 heavy (non-hydrogen) atoms. The monoisotopic (exact) mass is 467 g/mol. The van der Waals surface area contributed by atoms with Crippen molar-refractivity contribution in [3.8, 4) is 11.3 Å². The topological polar surface area (TPSA) is 90.0 Å². The van der Waals surface area contributed by atoms with Crippen LogP contribution in [0.1, 0.15) is 35.4 Å². The van der Waals surface area contributed by atoms with Crippen LogP contribution < -0.4 is 5.32 Å². The summed E-state index contributed by atoms with van der Waals surface area (Å²) in [6.45, 7) is 7.42. The molecule has 8 heteroatoms. The molecule has 5 heterocycles. The Hall–Kier alpha value is -3.78. The van der Waals surface area contributed by atoms with E-state index in [9.17, 15) is 4.79 Å². The number of pyridine rings is 2. The van der Waals surface area contributed by atoms with E-state index in [1.807, 2.05) is 48.5 Å². The van der Waals surface area contributed by atoms with Gasteiger partial charge >= 0.3 is 6.03 Å². The molecule has 1 fully saturated rings. The van der Waals surface area contributed by atoms with Crippen molar-refractivity contribution in [2.45, 2.75) is 45.8 Å². The Labute approximate surface area is 204 Å². The first-order valence-electron chi connectivity index (χ1n) is 12.2. The van der Waals surface area contributed by atoms with Crippen LogP contribution in [0.4, 0.5) is 10.5 Å². The van der Waals surface area contributed by atoms with Gasteiger partial charge in [0.25, 0.3) is 0 Å². The van der Waals surface area contributed by atoms with Crippen LogP contribution in [-0.2, 0) is 13.1 Å². The van der Waals surface area contributed by atoms with Crippen molar-refractivity contribution in [3.63, 3.8) is 0 Å². The van der Waals surface area contributed by atoms with Gasteiger partial charge < -0.3 is 10.2 Å². The minimum atomic E-state index is -0.0224. The third kappa shape index (κ3) is 4.14. The van der Waals surface area contributed by atoms with Crippen LogP contribution in [0, 0.1) is 13.8 Å². The number of aromatic amines is 1. The lowest BCUT2D eigenvalue weighted by Crippen LogP contribution is -2.52. The predicted molar refractivity (Wildman–Crippen MR) is 136 cm³/mol. The third-order valence-electron chi connectivity index (χ3n) is 7.23. The van der Waals surface area contributed by atoms with Crippen LogP contribution in [0.5, 0.6) is 0 Å². The number of aryl methyl sites for hydroxylation is 2. The number of carbonyl (C=O) groups excluding carboxylic acids is 1. The number of benzene rings is 1. The number of amides is 2. The number of anilines is 1. The molecule has 4 aromatic rings. The number of H-pyrrole nitrogens is 1. The first-order valence-corrected chi connectivity index (χ1v) is 12.2. The number of nitrogens with zero attached hydrogens (tertiary/aromatic N) is 5. The van der Waals surface area contributed by atoms with E-state index in [2.05, 4.69) is 49.4 Å². The average Bonchev–Trinajstić information content (AvgIpc) is 3.26. The molecule has 2 N–H and O–H groups in total. The number of nitrogens with one attached hydrogen (secondary N) is 2. The quantitative estimate of drug-likeness (QED) is 0.456. The van der Waals surface area contributed by atoms with Crippen molar-refractivity contribution < 1.29 is 4.79 Å². The number of likely N-dealkylation sites (tertiary alicyclic amines) is 1. The molecule has 1 atom stereocenters. The summed E-state index contributed by atoms with van der Waals surface area (Å²) >= 11 is 0. The molecule has 178 valence electrons. The number of hydrogen-bond donors (Lipinski definition) is 2. The molecular formula is C27H29N7O. The van der Waals surface area contributed by atoms with Crippen molar-refractivity contribution in [3.05, 3.63) is 71.3 Å². The average molecular weight is 468 g/mol. The first kappa shape index (κ1) is 21.7. The van der Waals surface area contributed by atoms with Crippen LogP contribution in [0.3, 0.4) is 0 Å². The van der Waals surface area contributed by atoms with E-state index in [4.69, 9.17) is 0 Å². The number of carbonyl (C=O) groups is 1. The molecule has 1 saturated heterocycles. The molecule has 0 spiro atoms. The second-order valence-electron chi connectivity index (χ2n) is 9.65. The number of urea groups is 1. The second-order valence-corrected chi connectivity index (χ2v) is 9.65. The Morgan fingerprint density at radius 3 is 2.89 bits per heavy atom. The van der Waals surface area contributed by atoms with E-state index < -0.39 is 0 Å². The second kappa shape index (κ2) is 8.78. The summed E-state index contributed by atoms with van der Waals surface area (Å²) in [6, 6.07) is 12.5. The summed E-state index contributed by atoms with van der Waals surface area (Å²) in [7, 11) is 0. The minimum Gasteiger partial charge on any atom is -0.316 e. The fraction of sp³-hybridized carbons (Fsp3) is 0.333. The summed E-state index contributed by atoms with van der Waals surface area (Å²) in [5.41, 5.74) is 8.12. The third-order valence-corrected chi connectivity index (χ3v) is 7.23. The summed E-state index contributed by atoms with van der Waals surface area (Å²) in [5, 5.41) is 11.9. The van der Waals surface area contributed by atoms with E-state index in [0.717, 1.165) is 77.3 Å². The fourth-order valence-electron chi connectivity index (χ4n) is 5.36. The van der Waals surface area contributed by atoms with Gasteiger partial charge in [-0.25, -0.2) is 4.79 Å². The Morgan fingerprint density at radius 1 is 1.11 bits per heavy atom. The zero-order chi connectivity index (χ0) is 23.9. The molecule has 8 nitrogen and oxygen atoms in total. The van der Waals surface area contributed by atoms with Crippen LogP contribution in [0.15, 0.2) is 48.8 Å². The van der Waals surface area contributed by atoms with Gasteiger partial charge in [0, 0.05) is 66.1 Å².